The maximum Gasteiger partial charge on any atom is 0.138 e. The number of para-hydroxylation sites is 1. The van der Waals surface area contributed by atoms with E-state index in [1.54, 1.807) is 0 Å². The van der Waals surface area contributed by atoms with Gasteiger partial charge in [-0.1, -0.05) is 83.2 Å². The Kier molecular flexibility index (Phi) is 6.19. The number of nitrogens with zero attached hydrogens (tertiary/aromatic N) is 3. The van der Waals surface area contributed by atoms with Crippen molar-refractivity contribution < 1.29 is 5.11 Å². The summed E-state index contributed by atoms with van der Waals surface area (Å²) in [7, 11) is 2.01. The number of rotatable bonds is 4. The Balaban J connectivity index is 1.83. The fourth-order valence-corrected chi connectivity index (χ4v) is 5.57. The molecule has 4 heteroatoms. The summed E-state index contributed by atoms with van der Waals surface area (Å²) in [5.41, 5.74) is 6.92. The first kappa shape index (κ1) is 25.1. The predicted molar refractivity (Wildman–Crippen MR) is 145 cm³/mol. The van der Waals surface area contributed by atoms with E-state index in [4.69, 9.17) is 0 Å². The zero-order valence-electron chi connectivity index (χ0n) is 22.1. The highest BCUT2D eigenvalue weighted by molar-refractivity contribution is 5.78. The van der Waals surface area contributed by atoms with E-state index in [-0.39, 0.29) is 28.1 Å². The second kappa shape index (κ2) is 8.89. The van der Waals surface area contributed by atoms with E-state index in [1.807, 2.05) is 43.5 Å². The second-order valence-corrected chi connectivity index (χ2v) is 10.9. The molecule has 2 aliphatic rings. The van der Waals surface area contributed by atoms with Gasteiger partial charge in [-0.05, 0) is 47.1 Å². The van der Waals surface area contributed by atoms with Crippen LogP contribution in [0.2, 0.25) is 0 Å². The first-order chi connectivity index (χ1) is 17.0. The molecule has 1 N–H and O–H groups in total. The molecular formula is C32H33N3O. The minimum atomic E-state index is -0.289. The molecule has 0 saturated heterocycles. The molecule has 182 valence electrons. The van der Waals surface area contributed by atoms with Crippen LogP contribution in [0.25, 0.3) is 0 Å². The van der Waals surface area contributed by atoms with Crippen LogP contribution < -0.4 is 4.90 Å². The van der Waals surface area contributed by atoms with E-state index in [9.17, 15) is 15.6 Å². The number of aryl methyl sites for hydroxylation is 1. The molecule has 1 heterocycles. The van der Waals surface area contributed by atoms with Crippen LogP contribution in [0.1, 0.15) is 51.3 Å². The highest BCUT2D eigenvalue weighted by Gasteiger charge is 2.41. The number of nitriles is 2. The van der Waals surface area contributed by atoms with Crippen molar-refractivity contribution in [2.24, 2.45) is 5.92 Å². The topological polar surface area (TPSA) is 71.0 Å². The van der Waals surface area contributed by atoms with Gasteiger partial charge in [0, 0.05) is 40.6 Å². The summed E-state index contributed by atoms with van der Waals surface area (Å²) in [6.45, 7) is 12.9. The van der Waals surface area contributed by atoms with Gasteiger partial charge >= 0.3 is 0 Å². The van der Waals surface area contributed by atoms with Gasteiger partial charge in [0.1, 0.15) is 23.5 Å². The Bertz CT molecular complexity index is 1430. The standard InChI is InChI=1S/C32H33N3O/c1-20-12-8-9-13-25(20)31(3,4)21(2)16-23-29(22(18-33)19-34)24(30(23)36)17-28-32(5,6)26-14-10-11-15-27(26)35(28)7/h8-17,21,36H,1-7H3/b23-16+,28-17+. The van der Waals surface area contributed by atoms with Crippen molar-refractivity contribution in [1.29, 1.82) is 10.5 Å². The number of anilines is 1. The van der Waals surface area contributed by atoms with E-state index >= 15 is 0 Å². The number of fused-ring (bicyclic) bond motifs is 1. The van der Waals surface area contributed by atoms with Gasteiger partial charge in [0.25, 0.3) is 0 Å². The Labute approximate surface area is 214 Å². The number of allylic oxidation sites excluding steroid dienone is 6. The lowest BCUT2D eigenvalue weighted by Gasteiger charge is -2.35. The minimum Gasteiger partial charge on any atom is -0.507 e. The molecule has 0 bridgehead atoms. The van der Waals surface area contributed by atoms with Gasteiger partial charge in [0.05, 0.1) is 0 Å². The third-order valence-electron chi connectivity index (χ3n) is 8.14. The molecule has 0 fully saturated rings. The van der Waals surface area contributed by atoms with E-state index in [0.29, 0.717) is 16.7 Å². The summed E-state index contributed by atoms with van der Waals surface area (Å²) in [6.07, 6.45) is 3.94. The van der Waals surface area contributed by atoms with Crippen LogP contribution in [0, 0.1) is 35.5 Å². The van der Waals surface area contributed by atoms with Crippen molar-refractivity contribution in [2.75, 3.05) is 11.9 Å². The molecule has 1 unspecified atom stereocenters. The summed E-state index contributed by atoms with van der Waals surface area (Å²) in [5.74, 6) is 0.168. The number of hydrogen-bond acceptors (Lipinski definition) is 4. The molecule has 0 aromatic heterocycles. The van der Waals surface area contributed by atoms with Crippen LogP contribution in [0.3, 0.4) is 0 Å². The van der Waals surface area contributed by atoms with Crippen molar-refractivity contribution in [3.63, 3.8) is 0 Å². The van der Waals surface area contributed by atoms with Gasteiger partial charge in [0.15, 0.2) is 0 Å². The maximum atomic E-state index is 11.2. The SMILES string of the molecule is Cc1ccccc1C(C)(C)C(C)/C=C1C(O)=C(/C=C2/N(C)c3ccccc3C2(C)C)C/1=C(C#N)C#N. The molecule has 2 aromatic rings. The molecule has 36 heavy (non-hydrogen) atoms. The quantitative estimate of drug-likeness (QED) is 0.470. The summed E-state index contributed by atoms with van der Waals surface area (Å²) in [5, 5.41) is 30.8. The smallest absolute Gasteiger partial charge is 0.138 e. The van der Waals surface area contributed by atoms with Crippen LogP contribution in [-0.2, 0) is 10.8 Å². The van der Waals surface area contributed by atoms with Crippen LogP contribution in [0.5, 0.6) is 0 Å². The average Bonchev–Trinajstić information content (AvgIpc) is 3.05. The lowest BCUT2D eigenvalue weighted by Crippen LogP contribution is -2.28. The summed E-state index contributed by atoms with van der Waals surface area (Å²) < 4.78 is 0. The normalized spacial score (nSPS) is 19.6. The molecule has 1 atom stereocenters. The predicted octanol–water partition coefficient (Wildman–Crippen LogP) is 7.32. The van der Waals surface area contributed by atoms with Gasteiger partial charge in [0.2, 0.25) is 0 Å². The number of likely N-dealkylation sites (N-methyl/N-ethyl adjacent to an activating group) is 1. The monoisotopic (exact) mass is 475 g/mol. The first-order valence-electron chi connectivity index (χ1n) is 12.3. The molecule has 0 saturated carbocycles. The van der Waals surface area contributed by atoms with Crippen molar-refractivity contribution in [1.82, 2.24) is 0 Å². The van der Waals surface area contributed by atoms with E-state index in [2.05, 4.69) is 82.8 Å². The van der Waals surface area contributed by atoms with Crippen molar-refractivity contribution in [2.45, 2.75) is 52.4 Å². The minimum absolute atomic E-state index is 0.0165. The highest BCUT2D eigenvalue weighted by atomic mass is 16.3. The van der Waals surface area contributed by atoms with E-state index in [0.717, 1.165) is 11.4 Å². The third kappa shape index (κ3) is 3.75. The maximum absolute atomic E-state index is 11.2. The van der Waals surface area contributed by atoms with Gasteiger partial charge in [-0.3, -0.25) is 0 Å². The number of hydrogen-bond donors (Lipinski definition) is 1. The highest BCUT2D eigenvalue weighted by Crippen LogP contribution is 2.50. The molecule has 0 spiro atoms. The fraction of sp³-hybridized carbons (Fsp3) is 0.312. The molecule has 4 nitrogen and oxygen atoms in total. The number of benzene rings is 2. The Morgan fingerprint density at radius 3 is 2.28 bits per heavy atom. The van der Waals surface area contributed by atoms with E-state index < -0.39 is 0 Å². The number of aliphatic hydroxyl groups is 1. The Morgan fingerprint density at radius 2 is 1.67 bits per heavy atom. The molecule has 2 aromatic carbocycles. The zero-order chi connectivity index (χ0) is 26.4. The lowest BCUT2D eigenvalue weighted by molar-refractivity contribution is 0.390. The van der Waals surface area contributed by atoms with Crippen LogP contribution in [0.4, 0.5) is 5.69 Å². The lowest BCUT2D eigenvalue weighted by atomic mass is 9.69. The van der Waals surface area contributed by atoms with Crippen LogP contribution >= 0.6 is 0 Å². The summed E-state index contributed by atoms with van der Waals surface area (Å²) >= 11 is 0. The zero-order valence-corrected chi connectivity index (χ0v) is 22.1. The van der Waals surface area contributed by atoms with E-state index in [1.165, 1.54) is 16.7 Å². The van der Waals surface area contributed by atoms with Crippen molar-refractivity contribution in [3.8, 4) is 12.1 Å². The van der Waals surface area contributed by atoms with Gasteiger partial charge in [-0.2, -0.15) is 10.5 Å². The van der Waals surface area contributed by atoms with Crippen molar-refractivity contribution in [3.05, 3.63) is 111 Å². The molecule has 0 radical (unpaired) electrons. The van der Waals surface area contributed by atoms with Crippen LogP contribution in [-0.4, -0.2) is 12.2 Å². The fourth-order valence-electron chi connectivity index (χ4n) is 5.57. The van der Waals surface area contributed by atoms with Crippen LogP contribution in [0.15, 0.2) is 94.4 Å². The summed E-state index contributed by atoms with van der Waals surface area (Å²) in [6, 6.07) is 20.7. The molecule has 0 amide bonds. The molecule has 1 aliphatic heterocycles. The number of aliphatic hydroxyl groups excluding tert-OH is 1. The average molecular weight is 476 g/mol. The third-order valence-corrected chi connectivity index (χ3v) is 8.14. The van der Waals surface area contributed by atoms with Gasteiger partial charge in [-0.25, -0.2) is 0 Å². The van der Waals surface area contributed by atoms with Gasteiger partial charge < -0.3 is 10.0 Å². The molecular weight excluding hydrogens is 442 g/mol. The van der Waals surface area contributed by atoms with Gasteiger partial charge in [-0.15, -0.1) is 0 Å². The first-order valence-corrected chi connectivity index (χ1v) is 12.3. The molecule has 1 aliphatic carbocycles. The van der Waals surface area contributed by atoms with Crippen molar-refractivity contribution >= 4 is 5.69 Å². The Morgan fingerprint density at radius 1 is 1.06 bits per heavy atom. The second-order valence-electron chi connectivity index (χ2n) is 10.9. The Hall–Kier alpha value is -4.02. The molecule has 4 rings (SSSR count). The summed E-state index contributed by atoms with van der Waals surface area (Å²) in [4.78, 5) is 2.12. The largest absolute Gasteiger partial charge is 0.507 e.